The number of hydrogen-bond acceptors (Lipinski definition) is 4. The molecular weight excluding hydrogens is 340 g/mol. The zero-order valence-electron chi connectivity index (χ0n) is 14.6. The summed E-state index contributed by atoms with van der Waals surface area (Å²) in [5.74, 6) is -0.778. The lowest BCUT2D eigenvalue weighted by atomic mass is 9.88. The summed E-state index contributed by atoms with van der Waals surface area (Å²) in [6, 6.07) is 19.8. The molecule has 0 bridgehead atoms. The molecule has 0 saturated carbocycles. The molecule has 0 fully saturated rings. The molecule has 1 aromatic heterocycles. The zero-order chi connectivity index (χ0) is 18.9. The first kappa shape index (κ1) is 17.1. The van der Waals surface area contributed by atoms with Gasteiger partial charge < -0.3 is 10.0 Å². The molecule has 134 valence electrons. The quantitative estimate of drug-likeness (QED) is 0.712. The van der Waals surface area contributed by atoms with Gasteiger partial charge in [0.15, 0.2) is 11.4 Å². The topological polar surface area (TPSA) is 70.5 Å². The second-order valence-corrected chi connectivity index (χ2v) is 6.59. The monoisotopic (exact) mass is 358 g/mol. The van der Waals surface area contributed by atoms with E-state index in [1.807, 2.05) is 36.4 Å². The molecule has 0 aliphatic carbocycles. The van der Waals surface area contributed by atoms with Crippen LogP contribution in [0.15, 0.2) is 79.1 Å². The molecule has 0 radical (unpaired) electrons. The van der Waals surface area contributed by atoms with Crippen molar-refractivity contribution in [3.8, 4) is 0 Å². The molecule has 1 atom stereocenters. The maximum absolute atomic E-state index is 13.2. The molecule has 0 unspecified atom stereocenters. The lowest BCUT2D eigenvalue weighted by molar-refractivity contribution is -0.136. The van der Waals surface area contributed by atoms with Crippen LogP contribution < -0.4 is 4.90 Å². The number of anilines is 1. The molecule has 27 heavy (non-hydrogen) atoms. The van der Waals surface area contributed by atoms with Crippen LogP contribution in [0.2, 0.25) is 0 Å². The minimum Gasteiger partial charge on any atom is -0.375 e. The Hall–Kier alpha value is -3.31. The Kier molecular flexibility index (Phi) is 4.30. The van der Waals surface area contributed by atoms with E-state index in [9.17, 15) is 14.7 Å². The van der Waals surface area contributed by atoms with Crippen molar-refractivity contribution in [3.63, 3.8) is 0 Å². The van der Waals surface area contributed by atoms with Crippen LogP contribution in [0.25, 0.3) is 0 Å². The molecule has 5 heteroatoms. The van der Waals surface area contributed by atoms with Gasteiger partial charge in [0.25, 0.3) is 5.91 Å². The number of nitrogens with zero attached hydrogens (tertiary/aromatic N) is 2. The van der Waals surface area contributed by atoms with Crippen LogP contribution in [0.3, 0.4) is 0 Å². The van der Waals surface area contributed by atoms with E-state index < -0.39 is 11.5 Å². The lowest BCUT2D eigenvalue weighted by Crippen LogP contribution is -2.41. The van der Waals surface area contributed by atoms with Gasteiger partial charge in [0.2, 0.25) is 0 Å². The molecule has 5 nitrogen and oxygen atoms in total. The van der Waals surface area contributed by atoms with Crippen LogP contribution in [0.5, 0.6) is 0 Å². The van der Waals surface area contributed by atoms with Crippen molar-refractivity contribution in [2.45, 2.75) is 18.6 Å². The number of rotatable bonds is 5. The number of fused-ring (bicyclic) bond motifs is 1. The molecule has 0 spiro atoms. The van der Waals surface area contributed by atoms with Gasteiger partial charge in [0.1, 0.15) is 0 Å². The minimum atomic E-state index is -1.87. The zero-order valence-corrected chi connectivity index (χ0v) is 14.6. The average Bonchev–Trinajstić information content (AvgIpc) is 2.92. The van der Waals surface area contributed by atoms with Crippen molar-refractivity contribution in [2.75, 3.05) is 4.90 Å². The van der Waals surface area contributed by atoms with Crippen LogP contribution in [0, 0.1) is 0 Å². The predicted octanol–water partition coefficient (Wildman–Crippen LogP) is 3.09. The number of pyridine rings is 1. The fourth-order valence-corrected chi connectivity index (χ4v) is 3.47. The van der Waals surface area contributed by atoms with E-state index in [0.717, 1.165) is 5.56 Å². The van der Waals surface area contributed by atoms with Crippen molar-refractivity contribution >= 4 is 17.4 Å². The van der Waals surface area contributed by atoms with Gasteiger partial charge in [-0.2, -0.15) is 0 Å². The minimum absolute atomic E-state index is 0.301. The summed E-state index contributed by atoms with van der Waals surface area (Å²) in [5, 5.41) is 11.3. The van der Waals surface area contributed by atoms with E-state index in [1.165, 1.54) is 12.4 Å². The number of para-hydroxylation sites is 1. The van der Waals surface area contributed by atoms with Crippen LogP contribution in [-0.2, 0) is 16.9 Å². The highest BCUT2D eigenvalue weighted by Crippen LogP contribution is 2.43. The number of Topliss-reactive ketones (excluding diaryl/α,β-unsaturated/α-hetero) is 1. The highest BCUT2D eigenvalue weighted by Gasteiger charge is 2.50. The Morgan fingerprint density at radius 3 is 2.37 bits per heavy atom. The van der Waals surface area contributed by atoms with Crippen LogP contribution in [-0.4, -0.2) is 21.8 Å². The molecule has 2 heterocycles. The van der Waals surface area contributed by atoms with Gasteiger partial charge >= 0.3 is 0 Å². The van der Waals surface area contributed by atoms with E-state index in [2.05, 4.69) is 4.98 Å². The molecule has 2 aromatic carbocycles. The molecule has 1 aliphatic rings. The Bertz CT molecular complexity index is 989. The molecule has 1 amide bonds. The van der Waals surface area contributed by atoms with E-state index >= 15 is 0 Å². The Morgan fingerprint density at radius 2 is 1.63 bits per heavy atom. The SMILES string of the molecule is O=C(C[C@]1(O)C(=O)N(Cc2ccccc2)c2ccccc21)c1ccncc1. The number of amides is 1. The summed E-state index contributed by atoms with van der Waals surface area (Å²) in [6.07, 6.45) is 2.73. The van der Waals surface area contributed by atoms with Gasteiger partial charge in [-0.25, -0.2) is 0 Å². The fourth-order valence-electron chi connectivity index (χ4n) is 3.47. The maximum atomic E-state index is 13.2. The lowest BCUT2D eigenvalue weighted by Gasteiger charge is -2.23. The molecule has 3 aromatic rings. The Labute approximate surface area is 156 Å². The van der Waals surface area contributed by atoms with Gasteiger partial charge in [-0.1, -0.05) is 48.5 Å². The van der Waals surface area contributed by atoms with Crippen molar-refractivity contribution < 1.29 is 14.7 Å². The largest absolute Gasteiger partial charge is 0.375 e. The van der Waals surface area contributed by atoms with E-state index in [-0.39, 0.29) is 12.2 Å². The van der Waals surface area contributed by atoms with Crippen LogP contribution >= 0.6 is 0 Å². The van der Waals surface area contributed by atoms with E-state index in [0.29, 0.717) is 23.4 Å². The predicted molar refractivity (Wildman–Crippen MR) is 101 cm³/mol. The second kappa shape index (κ2) is 6.78. The van der Waals surface area contributed by atoms with Crippen molar-refractivity contribution in [2.24, 2.45) is 0 Å². The number of aliphatic hydroxyl groups is 1. The first-order valence-electron chi connectivity index (χ1n) is 8.70. The third-order valence-electron chi connectivity index (χ3n) is 4.84. The smallest absolute Gasteiger partial charge is 0.264 e. The number of carbonyl (C=O) groups is 2. The van der Waals surface area contributed by atoms with Gasteiger partial charge in [-0.3, -0.25) is 14.6 Å². The van der Waals surface area contributed by atoms with E-state index in [1.54, 1.807) is 35.2 Å². The van der Waals surface area contributed by atoms with Crippen LogP contribution in [0.1, 0.15) is 27.9 Å². The molecule has 1 N–H and O–H groups in total. The summed E-state index contributed by atoms with van der Waals surface area (Å²) in [5.41, 5.74) is 0.603. The summed E-state index contributed by atoms with van der Waals surface area (Å²) >= 11 is 0. The molecule has 1 aliphatic heterocycles. The van der Waals surface area contributed by atoms with Crippen molar-refractivity contribution in [3.05, 3.63) is 95.8 Å². The van der Waals surface area contributed by atoms with Gasteiger partial charge in [-0.15, -0.1) is 0 Å². The summed E-state index contributed by atoms with van der Waals surface area (Å²) in [7, 11) is 0. The fraction of sp³-hybridized carbons (Fsp3) is 0.136. The summed E-state index contributed by atoms with van der Waals surface area (Å²) in [4.78, 5) is 31.3. The number of benzene rings is 2. The molecule has 4 rings (SSSR count). The van der Waals surface area contributed by atoms with Gasteiger partial charge in [0.05, 0.1) is 18.7 Å². The second-order valence-electron chi connectivity index (χ2n) is 6.59. The Morgan fingerprint density at radius 1 is 0.963 bits per heavy atom. The normalized spacial score (nSPS) is 18.4. The molecule has 0 saturated heterocycles. The number of aromatic nitrogens is 1. The highest BCUT2D eigenvalue weighted by atomic mass is 16.3. The third kappa shape index (κ3) is 3.02. The number of carbonyl (C=O) groups excluding carboxylic acids is 2. The third-order valence-corrected chi connectivity index (χ3v) is 4.84. The summed E-state index contributed by atoms with van der Waals surface area (Å²) < 4.78 is 0. The van der Waals surface area contributed by atoms with E-state index in [4.69, 9.17) is 0 Å². The average molecular weight is 358 g/mol. The number of hydrogen-bond donors (Lipinski definition) is 1. The standard InChI is InChI=1S/C22H18N2O3/c25-20(17-10-12-23-13-11-17)14-22(27)18-8-4-5-9-19(18)24(21(22)26)15-16-6-2-1-3-7-16/h1-13,27H,14-15H2/t22-/m1/s1. The van der Waals surface area contributed by atoms with Gasteiger partial charge in [-0.05, 0) is 23.8 Å². The first-order valence-corrected chi connectivity index (χ1v) is 8.70. The number of ketones is 1. The first-order chi connectivity index (χ1) is 13.1. The van der Waals surface area contributed by atoms with Gasteiger partial charge in [0, 0.05) is 23.5 Å². The highest BCUT2D eigenvalue weighted by molar-refractivity contribution is 6.10. The van der Waals surface area contributed by atoms with Crippen LogP contribution in [0.4, 0.5) is 5.69 Å². The molecular formula is C22H18N2O3. The Balaban J connectivity index is 1.69. The maximum Gasteiger partial charge on any atom is 0.264 e. The van der Waals surface area contributed by atoms with Crippen molar-refractivity contribution in [1.29, 1.82) is 0 Å². The van der Waals surface area contributed by atoms with Crippen molar-refractivity contribution in [1.82, 2.24) is 4.98 Å². The summed E-state index contributed by atoms with van der Waals surface area (Å²) in [6.45, 7) is 0.336.